The third-order valence-corrected chi connectivity index (χ3v) is 3.44. The fourth-order valence-corrected chi connectivity index (χ4v) is 2.43. The number of aromatic amines is 1. The van der Waals surface area contributed by atoms with Crippen molar-refractivity contribution in [2.75, 3.05) is 7.11 Å². The number of hydrogen-bond donors (Lipinski definition) is 1. The lowest BCUT2D eigenvalue weighted by atomic mass is 10.1. The summed E-state index contributed by atoms with van der Waals surface area (Å²) in [6, 6.07) is 11.7. The highest BCUT2D eigenvalue weighted by molar-refractivity contribution is 5.91. The molecule has 2 heterocycles. The molecule has 0 aliphatic heterocycles. The van der Waals surface area contributed by atoms with Crippen LogP contribution in [0.4, 0.5) is 0 Å². The minimum atomic E-state index is 0.782. The highest BCUT2D eigenvalue weighted by atomic mass is 16.5. The van der Waals surface area contributed by atoms with Crippen LogP contribution in [-0.4, -0.2) is 27.0 Å². The lowest BCUT2D eigenvalue weighted by Crippen LogP contribution is -1.88. The van der Waals surface area contributed by atoms with Crippen LogP contribution in [-0.2, 0) is 0 Å². The lowest BCUT2D eigenvalue weighted by Gasteiger charge is -2.01. The Morgan fingerprint density at radius 2 is 1.90 bits per heavy atom. The van der Waals surface area contributed by atoms with Crippen LogP contribution in [0, 0.1) is 0 Å². The Morgan fingerprint density at radius 1 is 1.00 bits per heavy atom. The van der Waals surface area contributed by atoms with Gasteiger partial charge in [-0.3, -0.25) is 9.97 Å². The number of nitrogens with one attached hydrogen (secondary N) is 1. The van der Waals surface area contributed by atoms with Gasteiger partial charge in [0.15, 0.2) is 0 Å². The molecule has 0 aliphatic rings. The molecule has 0 fully saturated rings. The van der Waals surface area contributed by atoms with E-state index in [1.165, 1.54) is 0 Å². The van der Waals surface area contributed by atoms with Gasteiger partial charge in [-0.15, -0.1) is 0 Å². The van der Waals surface area contributed by atoms with Crippen molar-refractivity contribution in [2.24, 2.45) is 0 Å². The number of hydrogen-bond acceptors (Lipinski definition) is 4. The number of imidazole rings is 1. The predicted molar refractivity (Wildman–Crippen MR) is 81.2 cm³/mol. The zero-order valence-electron chi connectivity index (χ0n) is 11.4. The van der Waals surface area contributed by atoms with Crippen molar-refractivity contribution in [1.29, 1.82) is 0 Å². The monoisotopic (exact) mass is 276 g/mol. The van der Waals surface area contributed by atoms with E-state index in [-0.39, 0.29) is 0 Å². The van der Waals surface area contributed by atoms with Crippen molar-refractivity contribution < 1.29 is 4.74 Å². The molecule has 0 amide bonds. The van der Waals surface area contributed by atoms with Crippen LogP contribution in [0.25, 0.3) is 33.5 Å². The number of methoxy groups -OCH3 is 1. The minimum Gasteiger partial charge on any atom is -0.497 e. The van der Waals surface area contributed by atoms with Crippen LogP contribution in [0.2, 0.25) is 0 Å². The van der Waals surface area contributed by atoms with E-state index in [9.17, 15) is 0 Å². The van der Waals surface area contributed by atoms with E-state index in [2.05, 4.69) is 19.9 Å². The molecule has 0 unspecified atom stereocenters. The largest absolute Gasteiger partial charge is 0.497 e. The van der Waals surface area contributed by atoms with E-state index in [1.54, 1.807) is 19.5 Å². The molecule has 0 aliphatic carbocycles. The second-order valence-electron chi connectivity index (χ2n) is 4.70. The summed E-state index contributed by atoms with van der Waals surface area (Å²) in [7, 11) is 1.65. The normalized spacial score (nSPS) is 11.1. The topological polar surface area (TPSA) is 63.7 Å². The Morgan fingerprint density at radius 3 is 2.81 bits per heavy atom. The van der Waals surface area contributed by atoms with Gasteiger partial charge in [-0.1, -0.05) is 6.07 Å². The van der Waals surface area contributed by atoms with Crippen LogP contribution in [0.3, 0.4) is 0 Å². The number of ether oxygens (including phenoxy) is 1. The standard InChI is InChI=1S/C16H12N4O/c1-21-10-5-6-12-14(9-10)20-16(19-12)11-3-2-4-13-15(11)18-8-7-17-13/h2-9H,1H3,(H,19,20). The summed E-state index contributed by atoms with van der Waals surface area (Å²) < 4.78 is 5.24. The number of aromatic nitrogens is 4. The predicted octanol–water partition coefficient (Wildman–Crippen LogP) is 3.18. The third kappa shape index (κ3) is 1.90. The molecular weight excluding hydrogens is 264 g/mol. The van der Waals surface area contributed by atoms with E-state index in [0.29, 0.717) is 0 Å². The highest BCUT2D eigenvalue weighted by Crippen LogP contribution is 2.27. The Bertz CT molecular complexity index is 940. The molecule has 21 heavy (non-hydrogen) atoms. The summed E-state index contributed by atoms with van der Waals surface area (Å²) in [5.41, 5.74) is 4.46. The molecule has 0 saturated carbocycles. The van der Waals surface area contributed by atoms with Gasteiger partial charge in [0.25, 0.3) is 0 Å². The molecule has 0 bridgehead atoms. The lowest BCUT2D eigenvalue weighted by molar-refractivity contribution is 0.415. The maximum Gasteiger partial charge on any atom is 0.140 e. The van der Waals surface area contributed by atoms with Gasteiger partial charge in [0.2, 0.25) is 0 Å². The number of H-pyrrole nitrogens is 1. The first-order chi connectivity index (χ1) is 10.3. The van der Waals surface area contributed by atoms with Crippen molar-refractivity contribution in [1.82, 2.24) is 19.9 Å². The van der Waals surface area contributed by atoms with Crippen LogP contribution < -0.4 is 4.74 Å². The molecule has 2 aromatic carbocycles. The van der Waals surface area contributed by atoms with Crippen LogP contribution in [0.15, 0.2) is 48.8 Å². The maximum atomic E-state index is 5.24. The average Bonchev–Trinajstić information content (AvgIpc) is 2.97. The van der Waals surface area contributed by atoms with Crippen molar-refractivity contribution in [2.45, 2.75) is 0 Å². The zero-order chi connectivity index (χ0) is 14.2. The first-order valence-corrected chi connectivity index (χ1v) is 6.59. The summed E-state index contributed by atoms with van der Waals surface area (Å²) in [4.78, 5) is 16.7. The molecule has 5 heteroatoms. The quantitative estimate of drug-likeness (QED) is 0.610. The fraction of sp³-hybridized carbons (Fsp3) is 0.0625. The number of para-hydroxylation sites is 1. The Labute approximate surface area is 120 Å². The molecule has 1 N–H and O–H groups in total. The summed E-state index contributed by atoms with van der Waals surface area (Å²) in [5.74, 6) is 1.58. The second kappa shape index (κ2) is 4.56. The number of rotatable bonds is 2. The molecule has 5 nitrogen and oxygen atoms in total. The van der Waals surface area contributed by atoms with Crippen molar-refractivity contribution in [3.63, 3.8) is 0 Å². The van der Waals surface area contributed by atoms with Gasteiger partial charge in [-0.2, -0.15) is 0 Å². The van der Waals surface area contributed by atoms with Crippen LogP contribution in [0.1, 0.15) is 0 Å². The molecule has 0 atom stereocenters. The Balaban J connectivity index is 1.96. The summed E-state index contributed by atoms with van der Waals surface area (Å²) >= 11 is 0. The van der Waals surface area contributed by atoms with Gasteiger partial charge < -0.3 is 9.72 Å². The molecule has 102 valence electrons. The molecule has 4 rings (SSSR count). The highest BCUT2D eigenvalue weighted by Gasteiger charge is 2.10. The summed E-state index contributed by atoms with van der Waals surface area (Å²) in [6.07, 6.45) is 3.38. The number of nitrogens with zero attached hydrogens (tertiary/aromatic N) is 3. The van der Waals surface area contributed by atoms with E-state index >= 15 is 0 Å². The summed E-state index contributed by atoms with van der Waals surface area (Å²) in [5, 5.41) is 0. The fourth-order valence-electron chi connectivity index (χ4n) is 2.43. The minimum absolute atomic E-state index is 0.782. The van der Waals surface area contributed by atoms with Gasteiger partial charge in [0, 0.05) is 24.0 Å². The van der Waals surface area contributed by atoms with Crippen molar-refractivity contribution in [3.8, 4) is 17.1 Å². The van der Waals surface area contributed by atoms with Crippen molar-refractivity contribution >= 4 is 22.1 Å². The Hall–Kier alpha value is -2.95. The molecule has 0 saturated heterocycles. The molecular formula is C16H12N4O. The smallest absolute Gasteiger partial charge is 0.140 e. The van der Waals surface area contributed by atoms with E-state index < -0.39 is 0 Å². The first kappa shape index (κ1) is 11.8. The molecule has 4 aromatic rings. The molecule has 0 radical (unpaired) electrons. The second-order valence-corrected chi connectivity index (χ2v) is 4.70. The van der Waals surface area contributed by atoms with E-state index in [0.717, 1.165) is 39.2 Å². The van der Waals surface area contributed by atoms with Crippen LogP contribution >= 0.6 is 0 Å². The van der Waals surface area contributed by atoms with Gasteiger partial charge >= 0.3 is 0 Å². The van der Waals surface area contributed by atoms with Gasteiger partial charge in [-0.25, -0.2) is 4.98 Å². The third-order valence-electron chi connectivity index (χ3n) is 3.44. The summed E-state index contributed by atoms with van der Waals surface area (Å²) in [6.45, 7) is 0. The maximum absolute atomic E-state index is 5.24. The van der Waals surface area contributed by atoms with Crippen LogP contribution in [0.5, 0.6) is 5.75 Å². The zero-order valence-corrected chi connectivity index (χ0v) is 11.4. The van der Waals surface area contributed by atoms with Crippen molar-refractivity contribution in [3.05, 3.63) is 48.8 Å². The van der Waals surface area contributed by atoms with Gasteiger partial charge in [0.1, 0.15) is 11.6 Å². The van der Waals surface area contributed by atoms with Gasteiger partial charge in [0.05, 0.1) is 29.2 Å². The SMILES string of the molecule is COc1ccc2nc(-c3cccc4nccnc34)[nH]c2c1. The molecule has 2 aromatic heterocycles. The number of fused-ring (bicyclic) bond motifs is 2. The Kier molecular flexibility index (Phi) is 2.57. The number of benzene rings is 2. The van der Waals surface area contributed by atoms with E-state index in [4.69, 9.17) is 4.74 Å². The average molecular weight is 276 g/mol. The first-order valence-electron chi connectivity index (χ1n) is 6.59. The van der Waals surface area contributed by atoms with E-state index in [1.807, 2.05) is 36.4 Å². The molecule has 0 spiro atoms. The van der Waals surface area contributed by atoms with Gasteiger partial charge in [-0.05, 0) is 24.3 Å².